The number of halogens is 1. The van der Waals surface area contributed by atoms with Crippen molar-refractivity contribution in [1.82, 2.24) is 5.32 Å². The number of aliphatic hydroxyl groups is 1. The largest absolute Gasteiger partial charge is 0.490 e. The highest BCUT2D eigenvalue weighted by Crippen LogP contribution is 2.34. The van der Waals surface area contributed by atoms with E-state index in [1.807, 2.05) is 63.2 Å². The Hall–Kier alpha value is -1.56. The molecule has 4 nitrogen and oxygen atoms in total. The molecule has 2 N–H and O–H groups in total. The van der Waals surface area contributed by atoms with Crippen LogP contribution in [-0.4, -0.2) is 23.9 Å². The van der Waals surface area contributed by atoms with Gasteiger partial charge in [0.25, 0.3) is 0 Å². The summed E-state index contributed by atoms with van der Waals surface area (Å²) in [7, 11) is 0. The molecule has 136 valence electrons. The Morgan fingerprint density at radius 3 is 2.40 bits per heavy atom. The maximum Gasteiger partial charge on any atom is 0.162 e. The number of hydrogen-bond acceptors (Lipinski definition) is 4. The van der Waals surface area contributed by atoms with Gasteiger partial charge >= 0.3 is 0 Å². The normalized spacial score (nSPS) is 11.4. The van der Waals surface area contributed by atoms with Crippen LogP contribution in [0.2, 0.25) is 0 Å². The molecule has 5 heteroatoms. The van der Waals surface area contributed by atoms with E-state index in [0.717, 1.165) is 21.3 Å². The summed E-state index contributed by atoms with van der Waals surface area (Å²) in [5.74, 6) is 1.43. The summed E-state index contributed by atoms with van der Waals surface area (Å²) in [6, 6.07) is 14.0. The average molecular weight is 408 g/mol. The molecule has 0 amide bonds. The summed E-state index contributed by atoms with van der Waals surface area (Å²) in [5, 5.41) is 12.7. The maximum atomic E-state index is 9.38. The second-order valence-electron chi connectivity index (χ2n) is 6.49. The lowest BCUT2D eigenvalue weighted by Crippen LogP contribution is -2.42. The fraction of sp³-hybridized carbons (Fsp3) is 0.400. The van der Waals surface area contributed by atoms with Crippen molar-refractivity contribution in [2.75, 3.05) is 13.2 Å². The predicted octanol–water partition coefficient (Wildman–Crippen LogP) is 4.29. The van der Waals surface area contributed by atoms with Crippen LogP contribution >= 0.6 is 15.9 Å². The zero-order valence-corrected chi connectivity index (χ0v) is 16.6. The second kappa shape index (κ2) is 9.22. The Labute approximate surface area is 158 Å². The molecule has 0 saturated carbocycles. The number of nitrogens with one attached hydrogen (secondary N) is 1. The Bertz CT molecular complexity index is 674. The van der Waals surface area contributed by atoms with E-state index in [0.29, 0.717) is 25.5 Å². The Morgan fingerprint density at radius 2 is 1.76 bits per heavy atom. The molecule has 0 aliphatic carbocycles. The third-order valence-electron chi connectivity index (χ3n) is 3.80. The van der Waals surface area contributed by atoms with E-state index in [1.54, 1.807) is 0 Å². The molecule has 0 heterocycles. The molecule has 0 bridgehead atoms. The first-order valence-electron chi connectivity index (χ1n) is 8.43. The van der Waals surface area contributed by atoms with Gasteiger partial charge in [-0.1, -0.05) is 46.3 Å². The van der Waals surface area contributed by atoms with Crippen LogP contribution in [0, 0.1) is 0 Å². The summed E-state index contributed by atoms with van der Waals surface area (Å²) < 4.78 is 12.7. The minimum absolute atomic E-state index is 0.0706. The highest BCUT2D eigenvalue weighted by Gasteiger charge is 2.17. The van der Waals surface area contributed by atoms with Crippen LogP contribution < -0.4 is 14.8 Å². The highest BCUT2D eigenvalue weighted by molar-refractivity contribution is 9.10. The zero-order valence-electron chi connectivity index (χ0n) is 15.0. The van der Waals surface area contributed by atoms with Crippen LogP contribution in [0.25, 0.3) is 0 Å². The van der Waals surface area contributed by atoms with Crippen molar-refractivity contribution >= 4 is 15.9 Å². The molecule has 0 unspecified atom stereocenters. The molecule has 2 rings (SSSR count). The third kappa shape index (κ3) is 6.03. The maximum absolute atomic E-state index is 9.38. The fourth-order valence-electron chi connectivity index (χ4n) is 2.22. The van der Waals surface area contributed by atoms with Gasteiger partial charge in [-0.05, 0) is 44.0 Å². The van der Waals surface area contributed by atoms with Crippen molar-refractivity contribution in [2.45, 2.75) is 39.5 Å². The van der Waals surface area contributed by atoms with E-state index in [4.69, 9.17) is 9.47 Å². The lowest BCUT2D eigenvalue weighted by atomic mass is 10.1. The smallest absolute Gasteiger partial charge is 0.162 e. The highest BCUT2D eigenvalue weighted by atomic mass is 79.9. The monoisotopic (exact) mass is 407 g/mol. The summed E-state index contributed by atoms with van der Waals surface area (Å²) >= 11 is 3.61. The summed E-state index contributed by atoms with van der Waals surface area (Å²) in [6.07, 6.45) is 0. The Balaban J connectivity index is 2.15. The molecule has 2 aromatic rings. The first kappa shape index (κ1) is 19.8. The molecule has 2 aromatic carbocycles. The van der Waals surface area contributed by atoms with Gasteiger partial charge in [0.1, 0.15) is 6.61 Å². The Kier molecular flexibility index (Phi) is 7.29. The predicted molar refractivity (Wildman–Crippen MR) is 104 cm³/mol. The van der Waals surface area contributed by atoms with E-state index in [-0.39, 0.29) is 12.1 Å². The second-order valence-corrected chi connectivity index (χ2v) is 7.35. The van der Waals surface area contributed by atoms with Gasteiger partial charge in [0, 0.05) is 16.6 Å². The van der Waals surface area contributed by atoms with Crippen LogP contribution in [0.5, 0.6) is 11.5 Å². The van der Waals surface area contributed by atoms with E-state index >= 15 is 0 Å². The number of hydrogen-bond donors (Lipinski definition) is 2. The molecule has 0 fully saturated rings. The fourth-order valence-corrected chi connectivity index (χ4v) is 2.68. The average Bonchev–Trinajstić information content (AvgIpc) is 2.61. The third-order valence-corrected chi connectivity index (χ3v) is 4.54. The SMILES string of the molecule is CCOc1cc(CNC(C)(C)CO)c(Br)cc1OCc1ccccc1. The minimum Gasteiger partial charge on any atom is -0.490 e. The quantitative estimate of drug-likeness (QED) is 0.650. The van der Waals surface area contributed by atoms with Gasteiger partial charge in [-0.3, -0.25) is 0 Å². The van der Waals surface area contributed by atoms with Crippen molar-refractivity contribution in [1.29, 1.82) is 0 Å². The van der Waals surface area contributed by atoms with Gasteiger partial charge in [-0.2, -0.15) is 0 Å². The van der Waals surface area contributed by atoms with E-state index < -0.39 is 0 Å². The van der Waals surface area contributed by atoms with Gasteiger partial charge in [0.2, 0.25) is 0 Å². The van der Waals surface area contributed by atoms with Crippen molar-refractivity contribution in [3.05, 3.63) is 58.1 Å². The number of benzene rings is 2. The summed E-state index contributed by atoms with van der Waals surface area (Å²) in [4.78, 5) is 0. The molecular weight excluding hydrogens is 382 g/mol. The number of aliphatic hydroxyl groups excluding tert-OH is 1. The first-order valence-corrected chi connectivity index (χ1v) is 9.22. The van der Waals surface area contributed by atoms with E-state index in [2.05, 4.69) is 21.2 Å². The zero-order chi connectivity index (χ0) is 18.3. The summed E-state index contributed by atoms with van der Waals surface area (Å²) in [6.45, 7) is 7.62. The molecule has 0 atom stereocenters. The van der Waals surface area contributed by atoms with Crippen molar-refractivity contribution in [2.24, 2.45) is 0 Å². The number of ether oxygens (including phenoxy) is 2. The molecule has 0 aliphatic rings. The molecule has 25 heavy (non-hydrogen) atoms. The van der Waals surface area contributed by atoms with Gasteiger partial charge in [0.15, 0.2) is 11.5 Å². The van der Waals surface area contributed by atoms with Crippen LogP contribution in [0.3, 0.4) is 0 Å². The topological polar surface area (TPSA) is 50.7 Å². The van der Waals surface area contributed by atoms with Crippen molar-refractivity contribution in [3.8, 4) is 11.5 Å². The van der Waals surface area contributed by atoms with E-state index in [1.165, 1.54) is 0 Å². The van der Waals surface area contributed by atoms with Crippen LogP contribution in [0.1, 0.15) is 31.9 Å². The summed E-state index contributed by atoms with van der Waals surface area (Å²) in [5.41, 5.74) is 1.82. The van der Waals surface area contributed by atoms with Crippen LogP contribution in [-0.2, 0) is 13.2 Å². The Morgan fingerprint density at radius 1 is 1.08 bits per heavy atom. The van der Waals surface area contributed by atoms with Gasteiger partial charge in [0.05, 0.1) is 13.2 Å². The lowest BCUT2D eigenvalue weighted by Gasteiger charge is -2.24. The molecule has 0 saturated heterocycles. The molecular formula is C20H26BrNO3. The van der Waals surface area contributed by atoms with Crippen LogP contribution in [0.4, 0.5) is 0 Å². The van der Waals surface area contributed by atoms with Crippen molar-refractivity contribution < 1.29 is 14.6 Å². The minimum atomic E-state index is -0.340. The first-order chi connectivity index (χ1) is 11.9. The van der Waals surface area contributed by atoms with Crippen LogP contribution in [0.15, 0.2) is 46.9 Å². The molecule has 0 radical (unpaired) electrons. The molecule has 0 spiro atoms. The molecule has 0 aliphatic heterocycles. The van der Waals surface area contributed by atoms with Crippen molar-refractivity contribution in [3.63, 3.8) is 0 Å². The van der Waals surface area contributed by atoms with Gasteiger partial charge in [-0.15, -0.1) is 0 Å². The van der Waals surface area contributed by atoms with Gasteiger partial charge < -0.3 is 19.9 Å². The molecule has 0 aromatic heterocycles. The number of rotatable bonds is 9. The lowest BCUT2D eigenvalue weighted by molar-refractivity contribution is 0.187. The standard InChI is InChI=1S/C20H26BrNO3/c1-4-24-18-10-16(12-22-20(2,3)14-23)17(21)11-19(18)25-13-15-8-6-5-7-9-15/h5-11,22-23H,4,12-14H2,1-3H3. The van der Waals surface area contributed by atoms with Gasteiger partial charge in [-0.25, -0.2) is 0 Å². The van der Waals surface area contributed by atoms with E-state index in [9.17, 15) is 5.11 Å².